The molecule has 1 unspecified atom stereocenters. The molecule has 93 valence electrons. The molecule has 2 aromatic carbocycles. The lowest BCUT2D eigenvalue weighted by atomic mass is 9.94. The van der Waals surface area contributed by atoms with Crippen LogP contribution in [-0.4, -0.2) is 0 Å². The molecule has 0 amide bonds. The van der Waals surface area contributed by atoms with Crippen molar-refractivity contribution in [3.63, 3.8) is 0 Å². The first-order valence-electron chi connectivity index (χ1n) is 5.98. The van der Waals surface area contributed by atoms with Crippen molar-refractivity contribution in [2.75, 3.05) is 0 Å². The summed E-state index contributed by atoms with van der Waals surface area (Å²) in [4.78, 5) is 0. The normalized spacial score (nSPS) is 12.4. The summed E-state index contributed by atoms with van der Waals surface area (Å²) in [5, 5.41) is 1.56. The van der Waals surface area contributed by atoms with Gasteiger partial charge >= 0.3 is 0 Å². The molecule has 0 saturated heterocycles. The van der Waals surface area contributed by atoms with E-state index >= 15 is 0 Å². The van der Waals surface area contributed by atoms with Gasteiger partial charge in [-0.15, -0.1) is 0 Å². The van der Waals surface area contributed by atoms with E-state index in [4.69, 9.17) is 23.2 Å². The highest BCUT2D eigenvalue weighted by atomic mass is 35.5. The van der Waals surface area contributed by atoms with Gasteiger partial charge in [0.1, 0.15) is 0 Å². The van der Waals surface area contributed by atoms with Crippen LogP contribution < -0.4 is 0 Å². The van der Waals surface area contributed by atoms with Crippen LogP contribution >= 0.6 is 23.2 Å². The molecule has 0 nitrogen and oxygen atoms in total. The average molecular weight is 278 g/mol. The summed E-state index contributed by atoms with van der Waals surface area (Å²) < 4.78 is 0. The van der Waals surface area contributed by atoms with Crippen molar-refractivity contribution in [3.8, 4) is 0 Å². The molecule has 0 N–H and O–H groups in total. The Balaban J connectivity index is 1.96. The van der Waals surface area contributed by atoms with Crippen molar-refractivity contribution in [2.45, 2.75) is 18.8 Å². The SMILES string of the molecule is [CH2]C(CCc1cccc(Cl)c1)c1ccc(Cl)cc1. The standard InChI is InChI=1S/C16H15Cl2/c1-12(14-7-9-15(17)10-8-14)5-6-13-3-2-4-16(18)11-13/h2-4,7-12H,1,5-6H2. The largest absolute Gasteiger partial charge is 0.0843 e. The summed E-state index contributed by atoms with van der Waals surface area (Å²) in [6.07, 6.45) is 1.99. The van der Waals surface area contributed by atoms with E-state index in [9.17, 15) is 0 Å². The minimum atomic E-state index is 0.279. The van der Waals surface area contributed by atoms with E-state index in [1.807, 2.05) is 42.5 Å². The lowest BCUT2D eigenvalue weighted by molar-refractivity contribution is 0.733. The fourth-order valence-corrected chi connectivity index (χ4v) is 2.27. The number of rotatable bonds is 4. The zero-order valence-electron chi connectivity index (χ0n) is 10.1. The predicted molar refractivity (Wildman–Crippen MR) is 79.3 cm³/mol. The average Bonchev–Trinajstić information content (AvgIpc) is 2.37. The molecule has 1 atom stereocenters. The van der Waals surface area contributed by atoms with Crippen LogP contribution in [0.4, 0.5) is 0 Å². The Morgan fingerprint density at radius 1 is 0.944 bits per heavy atom. The van der Waals surface area contributed by atoms with E-state index in [1.54, 1.807) is 0 Å². The van der Waals surface area contributed by atoms with Gasteiger partial charge in [-0.25, -0.2) is 0 Å². The third-order valence-corrected chi connectivity index (χ3v) is 3.50. The molecule has 0 saturated carbocycles. The van der Waals surface area contributed by atoms with Crippen molar-refractivity contribution < 1.29 is 0 Å². The second-order valence-corrected chi connectivity index (χ2v) is 5.29. The third-order valence-electron chi connectivity index (χ3n) is 3.01. The zero-order valence-corrected chi connectivity index (χ0v) is 11.6. The van der Waals surface area contributed by atoms with E-state index < -0.39 is 0 Å². The van der Waals surface area contributed by atoms with Gasteiger partial charge in [-0.1, -0.05) is 47.5 Å². The van der Waals surface area contributed by atoms with Crippen LogP contribution in [0.2, 0.25) is 10.0 Å². The molecule has 0 bridgehead atoms. The van der Waals surface area contributed by atoms with Crippen molar-refractivity contribution >= 4 is 23.2 Å². The number of benzene rings is 2. The Labute approximate surface area is 119 Å². The Kier molecular flexibility index (Phi) is 4.68. The quantitative estimate of drug-likeness (QED) is 0.688. The molecule has 0 aliphatic rings. The van der Waals surface area contributed by atoms with Crippen LogP contribution in [0.25, 0.3) is 0 Å². The molecular formula is C16H15Cl2. The second-order valence-electron chi connectivity index (χ2n) is 4.42. The van der Waals surface area contributed by atoms with E-state index in [1.165, 1.54) is 11.1 Å². The van der Waals surface area contributed by atoms with Gasteiger partial charge in [-0.3, -0.25) is 0 Å². The van der Waals surface area contributed by atoms with Gasteiger partial charge in [0.05, 0.1) is 0 Å². The van der Waals surface area contributed by atoms with Crippen LogP contribution in [0.1, 0.15) is 23.5 Å². The molecule has 0 spiro atoms. The third kappa shape index (κ3) is 3.76. The van der Waals surface area contributed by atoms with Crippen LogP contribution in [0.5, 0.6) is 0 Å². The fraction of sp³-hybridized carbons (Fsp3) is 0.188. The highest BCUT2D eigenvalue weighted by Crippen LogP contribution is 2.23. The maximum absolute atomic E-state index is 5.96. The Bertz CT molecular complexity index is 503. The van der Waals surface area contributed by atoms with Gasteiger partial charge in [0.2, 0.25) is 0 Å². The highest BCUT2D eigenvalue weighted by Gasteiger charge is 2.06. The lowest BCUT2D eigenvalue weighted by Gasteiger charge is -2.12. The first kappa shape index (κ1) is 13.5. The Morgan fingerprint density at radius 2 is 1.67 bits per heavy atom. The van der Waals surface area contributed by atoms with Crippen LogP contribution in [0.3, 0.4) is 0 Å². The zero-order chi connectivity index (χ0) is 13.0. The Hall–Kier alpha value is -0.980. The van der Waals surface area contributed by atoms with Crippen LogP contribution in [0, 0.1) is 6.92 Å². The van der Waals surface area contributed by atoms with Crippen molar-refractivity contribution in [2.24, 2.45) is 0 Å². The van der Waals surface area contributed by atoms with Gasteiger partial charge < -0.3 is 0 Å². The molecule has 2 heteroatoms. The van der Waals surface area contributed by atoms with Gasteiger partial charge in [-0.2, -0.15) is 0 Å². The smallest absolute Gasteiger partial charge is 0.0408 e. The van der Waals surface area contributed by atoms with Crippen LogP contribution in [-0.2, 0) is 6.42 Å². The molecule has 0 fully saturated rings. The summed E-state index contributed by atoms with van der Waals surface area (Å²) in [5.41, 5.74) is 2.48. The maximum Gasteiger partial charge on any atom is 0.0408 e. The topological polar surface area (TPSA) is 0 Å². The monoisotopic (exact) mass is 277 g/mol. The number of aryl methyl sites for hydroxylation is 1. The van der Waals surface area contributed by atoms with E-state index in [-0.39, 0.29) is 5.92 Å². The van der Waals surface area contributed by atoms with E-state index in [2.05, 4.69) is 13.0 Å². The predicted octanol–water partition coefficient (Wildman–Crippen LogP) is 5.54. The van der Waals surface area contributed by atoms with E-state index in [0.717, 1.165) is 22.9 Å². The molecule has 1 radical (unpaired) electrons. The molecule has 0 aliphatic carbocycles. The summed E-state index contributed by atoms with van der Waals surface area (Å²) in [6.45, 7) is 4.20. The summed E-state index contributed by atoms with van der Waals surface area (Å²) in [6, 6.07) is 15.9. The summed E-state index contributed by atoms with van der Waals surface area (Å²) in [5.74, 6) is 0.279. The summed E-state index contributed by atoms with van der Waals surface area (Å²) >= 11 is 11.8. The van der Waals surface area contributed by atoms with Crippen LogP contribution in [0.15, 0.2) is 48.5 Å². The minimum absolute atomic E-state index is 0.279. The lowest BCUT2D eigenvalue weighted by Crippen LogP contribution is -1.96. The van der Waals surface area contributed by atoms with Gasteiger partial charge in [-0.05, 0) is 61.1 Å². The van der Waals surface area contributed by atoms with Gasteiger partial charge in [0, 0.05) is 10.0 Å². The number of hydrogen-bond acceptors (Lipinski definition) is 0. The Morgan fingerprint density at radius 3 is 2.33 bits per heavy atom. The first-order chi connectivity index (χ1) is 8.65. The molecule has 0 aromatic heterocycles. The number of hydrogen-bond donors (Lipinski definition) is 0. The molecule has 0 aliphatic heterocycles. The molecule has 2 rings (SSSR count). The van der Waals surface area contributed by atoms with Crippen molar-refractivity contribution in [1.29, 1.82) is 0 Å². The summed E-state index contributed by atoms with van der Waals surface area (Å²) in [7, 11) is 0. The van der Waals surface area contributed by atoms with Gasteiger partial charge in [0.15, 0.2) is 0 Å². The minimum Gasteiger partial charge on any atom is -0.0843 e. The molecule has 18 heavy (non-hydrogen) atoms. The van der Waals surface area contributed by atoms with Crippen molar-refractivity contribution in [1.82, 2.24) is 0 Å². The van der Waals surface area contributed by atoms with E-state index in [0.29, 0.717) is 0 Å². The molecule has 0 heterocycles. The highest BCUT2D eigenvalue weighted by molar-refractivity contribution is 6.30. The maximum atomic E-state index is 5.96. The second kappa shape index (κ2) is 6.26. The van der Waals surface area contributed by atoms with Crippen molar-refractivity contribution in [3.05, 3.63) is 76.6 Å². The fourth-order valence-electron chi connectivity index (χ4n) is 1.93. The first-order valence-corrected chi connectivity index (χ1v) is 6.74. The number of halogens is 2. The molecule has 2 aromatic rings. The van der Waals surface area contributed by atoms with Gasteiger partial charge in [0.25, 0.3) is 0 Å². The molecular weight excluding hydrogens is 263 g/mol.